The van der Waals surface area contributed by atoms with Crippen LogP contribution in [0.15, 0.2) is 54.9 Å². The standard InChI is InChI=1S/C21H16F2N4O/c1-24-21-15-7-6-14(16-10-13(22)5-8-17(16)28-2)18(23)19(15)26-20(27-21)12-4-3-9-25-11-12/h3-11H,1-2H3,(H,24,26,27). The first kappa shape index (κ1) is 17.8. The van der Waals surface area contributed by atoms with E-state index in [1.165, 1.54) is 25.3 Å². The van der Waals surface area contributed by atoms with Crippen molar-refractivity contribution in [3.63, 3.8) is 0 Å². The summed E-state index contributed by atoms with van der Waals surface area (Å²) in [6.45, 7) is 0. The molecule has 2 heterocycles. The van der Waals surface area contributed by atoms with Crippen LogP contribution in [0.4, 0.5) is 14.6 Å². The van der Waals surface area contributed by atoms with Crippen molar-refractivity contribution in [3.8, 4) is 28.3 Å². The molecule has 5 nitrogen and oxygen atoms in total. The highest BCUT2D eigenvalue weighted by molar-refractivity contribution is 5.94. The second-order valence-corrected chi connectivity index (χ2v) is 6.06. The van der Waals surface area contributed by atoms with E-state index in [9.17, 15) is 4.39 Å². The molecule has 0 atom stereocenters. The first-order valence-electron chi connectivity index (χ1n) is 8.54. The lowest BCUT2D eigenvalue weighted by molar-refractivity contribution is 0.415. The minimum absolute atomic E-state index is 0.127. The fourth-order valence-corrected chi connectivity index (χ4v) is 3.08. The fraction of sp³-hybridized carbons (Fsp3) is 0.0952. The maximum absolute atomic E-state index is 15.5. The van der Waals surface area contributed by atoms with Crippen LogP contribution in [0.3, 0.4) is 0 Å². The Morgan fingerprint density at radius 1 is 1.00 bits per heavy atom. The largest absolute Gasteiger partial charge is 0.496 e. The molecule has 1 N–H and O–H groups in total. The van der Waals surface area contributed by atoms with Crippen molar-refractivity contribution in [1.82, 2.24) is 15.0 Å². The summed E-state index contributed by atoms with van der Waals surface area (Å²) in [6, 6.07) is 10.8. The molecule has 0 aliphatic heterocycles. The average Bonchev–Trinajstić information content (AvgIpc) is 2.74. The van der Waals surface area contributed by atoms with E-state index in [2.05, 4.69) is 20.3 Å². The van der Waals surface area contributed by atoms with E-state index in [1.807, 2.05) is 0 Å². The predicted octanol–water partition coefficient (Wildman–Crippen LogP) is 4.69. The van der Waals surface area contributed by atoms with Crippen LogP contribution in [-0.2, 0) is 0 Å². The van der Waals surface area contributed by atoms with Crippen molar-refractivity contribution >= 4 is 16.7 Å². The third-order valence-electron chi connectivity index (χ3n) is 4.41. The van der Waals surface area contributed by atoms with Crippen molar-refractivity contribution in [3.05, 3.63) is 66.5 Å². The highest BCUT2D eigenvalue weighted by Crippen LogP contribution is 2.36. The lowest BCUT2D eigenvalue weighted by Crippen LogP contribution is -2.01. The highest BCUT2D eigenvalue weighted by atomic mass is 19.1. The second kappa shape index (κ2) is 7.19. The molecule has 2 aromatic heterocycles. The maximum atomic E-state index is 15.5. The number of ether oxygens (including phenoxy) is 1. The minimum atomic E-state index is -0.578. The Hall–Kier alpha value is -3.61. The Labute approximate surface area is 160 Å². The van der Waals surface area contributed by atoms with E-state index in [1.54, 1.807) is 43.7 Å². The zero-order chi connectivity index (χ0) is 19.7. The molecule has 0 aliphatic carbocycles. The van der Waals surface area contributed by atoms with Gasteiger partial charge in [0.25, 0.3) is 0 Å². The number of fused-ring (bicyclic) bond motifs is 1. The summed E-state index contributed by atoms with van der Waals surface area (Å²) in [5.74, 6) is 0.137. The van der Waals surface area contributed by atoms with Gasteiger partial charge in [0.2, 0.25) is 0 Å². The molecule has 0 radical (unpaired) electrons. The normalized spacial score (nSPS) is 10.9. The molecule has 4 rings (SSSR count). The van der Waals surface area contributed by atoms with Gasteiger partial charge in [0.05, 0.1) is 7.11 Å². The van der Waals surface area contributed by atoms with E-state index >= 15 is 4.39 Å². The van der Waals surface area contributed by atoms with Gasteiger partial charge in [-0.05, 0) is 36.4 Å². The van der Waals surface area contributed by atoms with Crippen LogP contribution >= 0.6 is 0 Å². The molecule has 28 heavy (non-hydrogen) atoms. The van der Waals surface area contributed by atoms with Gasteiger partial charge in [0.1, 0.15) is 22.9 Å². The average molecular weight is 378 g/mol. The summed E-state index contributed by atoms with van der Waals surface area (Å²) in [7, 11) is 3.16. The van der Waals surface area contributed by atoms with Gasteiger partial charge < -0.3 is 10.1 Å². The van der Waals surface area contributed by atoms with Crippen LogP contribution in [0.25, 0.3) is 33.4 Å². The van der Waals surface area contributed by atoms with Crippen molar-refractivity contribution in [2.24, 2.45) is 0 Å². The molecule has 0 fully saturated rings. The zero-order valence-electron chi connectivity index (χ0n) is 15.2. The molecule has 0 aliphatic rings. The molecular formula is C21H16F2N4O. The number of rotatable bonds is 4. The number of benzene rings is 2. The van der Waals surface area contributed by atoms with E-state index < -0.39 is 11.6 Å². The monoisotopic (exact) mass is 378 g/mol. The fourth-order valence-electron chi connectivity index (χ4n) is 3.08. The Morgan fingerprint density at radius 3 is 2.57 bits per heavy atom. The van der Waals surface area contributed by atoms with Crippen LogP contribution in [0.5, 0.6) is 5.75 Å². The van der Waals surface area contributed by atoms with Crippen LogP contribution in [0.1, 0.15) is 0 Å². The third kappa shape index (κ3) is 3.00. The molecule has 0 unspecified atom stereocenters. The van der Waals surface area contributed by atoms with Gasteiger partial charge >= 0.3 is 0 Å². The molecule has 0 bridgehead atoms. The summed E-state index contributed by atoms with van der Waals surface area (Å²) in [4.78, 5) is 12.9. The number of nitrogens with zero attached hydrogens (tertiary/aromatic N) is 3. The van der Waals surface area contributed by atoms with Crippen molar-refractivity contribution in [1.29, 1.82) is 0 Å². The molecule has 4 aromatic rings. The lowest BCUT2D eigenvalue weighted by Gasteiger charge is -2.13. The van der Waals surface area contributed by atoms with Gasteiger partial charge in [0.15, 0.2) is 11.6 Å². The van der Waals surface area contributed by atoms with E-state index in [0.717, 1.165) is 0 Å². The number of aromatic nitrogens is 3. The van der Waals surface area contributed by atoms with Crippen molar-refractivity contribution in [2.75, 3.05) is 19.5 Å². The summed E-state index contributed by atoms with van der Waals surface area (Å²) in [5.41, 5.74) is 1.30. The SMILES string of the molecule is CNc1nc(-c2cccnc2)nc2c(F)c(-c3cc(F)ccc3OC)ccc12. The van der Waals surface area contributed by atoms with E-state index in [-0.39, 0.29) is 11.1 Å². The second-order valence-electron chi connectivity index (χ2n) is 6.06. The smallest absolute Gasteiger partial charge is 0.163 e. The Bertz CT molecular complexity index is 1170. The Morgan fingerprint density at radius 2 is 1.86 bits per heavy atom. The topological polar surface area (TPSA) is 59.9 Å². The van der Waals surface area contributed by atoms with Gasteiger partial charge in [0, 0.05) is 41.5 Å². The number of anilines is 1. The number of methoxy groups -OCH3 is 1. The molecule has 2 aromatic carbocycles. The molecule has 7 heteroatoms. The number of pyridine rings is 1. The number of hydrogen-bond acceptors (Lipinski definition) is 5. The summed E-state index contributed by atoms with van der Waals surface area (Å²) in [6.07, 6.45) is 3.25. The molecular weight excluding hydrogens is 362 g/mol. The molecule has 0 saturated heterocycles. The summed E-state index contributed by atoms with van der Waals surface area (Å²) < 4.78 is 34.6. The van der Waals surface area contributed by atoms with Crippen molar-refractivity contribution < 1.29 is 13.5 Å². The number of hydrogen-bond donors (Lipinski definition) is 1. The molecule has 140 valence electrons. The molecule has 0 spiro atoms. The van der Waals surface area contributed by atoms with E-state index in [4.69, 9.17) is 4.74 Å². The third-order valence-corrected chi connectivity index (χ3v) is 4.41. The first-order chi connectivity index (χ1) is 13.6. The molecule has 0 amide bonds. The van der Waals surface area contributed by atoms with Crippen LogP contribution < -0.4 is 10.1 Å². The lowest BCUT2D eigenvalue weighted by atomic mass is 10.0. The predicted molar refractivity (Wildman–Crippen MR) is 104 cm³/mol. The van der Waals surface area contributed by atoms with Gasteiger partial charge in [-0.1, -0.05) is 6.07 Å². The van der Waals surface area contributed by atoms with Crippen LogP contribution in [-0.4, -0.2) is 29.1 Å². The van der Waals surface area contributed by atoms with Gasteiger partial charge in [-0.2, -0.15) is 0 Å². The maximum Gasteiger partial charge on any atom is 0.163 e. The Kier molecular flexibility index (Phi) is 4.57. The van der Waals surface area contributed by atoms with Gasteiger partial charge in [-0.3, -0.25) is 4.98 Å². The van der Waals surface area contributed by atoms with Gasteiger partial charge in [-0.15, -0.1) is 0 Å². The summed E-state index contributed by atoms with van der Waals surface area (Å²) >= 11 is 0. The van der Waals surface area contributed by atoms with Gasteiger partial charge in [-0.25, -0.2) is 18.7 Å². The quantitative estimate of drug-likeness (QED) is 0.558. The van der Waals surface area contributed by atoms with Crippen molar-refractivity contribution in [2.45, 2.75) is 0 Å². The molecule has 0 saturated carbocycles. The van der Waals surface area contributed by atoms with Crippen LogP contribution in [0, 0.1) is 11.6 Å². The van der Waals surface area contributed by atoms with E-state index in [0.29, 0.717) is 33.9 Å². The Balaban J connectivity index is 2.00. The number of nitrogens with one attached hydrogen (secondary N) is 1. The zero-order valence-corrected chi connectivity index (χ0v) is 15.2. The highest BCUT2D eigenvalue weighted by Gasteiger charge is 2.18. The first-order valence-corrected chi connectivity index (χ1v) is 8.54. The minimum Gasteiger partial charge on any atom is -0.496 e. The summed E-state index contributed by atoms with van der Waals surface area (Å²) in [5, 5.41) is 3.50. The van der Waals surface area contributed by atoms with Crippen LogP contribution in [0.2, 0.25) is 0 Å². The number of halogens is 2.